The lowest BCUT2D eigenvalue weighted by molar-refractivity contribution is -0.125. The zero-order valence-electron chi connectivity index (χ0n) is 15.1. The van der Waals surface area contributed by atoms with Gasteiger partial charge in [0, 0.05) is 26.7 Å². The van der Waals surface area contributed by atoms with E-state index in [9.17, 15) is 9.59 Å². The van der Waals surface area contributed by atoms with Gasteiger partial charge in [-0.15, -0.1) is 24.0 Å². The van der Waals surface area contributed by atoms with Gasteiger partial charge in [0.1, 0.15) is 5.54 Å². The van der Waals surface area contributed by atoms with Crippen LogP contribution >= 0.6 is 35.3 Å². The molecule has 0 aromatic carbocycles. The first kappa shape index (κ1) is 20.9. The molecule has 3 rings (SSSR count). The number of carbonyl (C=O) groups is 2. The van der Waals surface area contributed by atoms with E-state index in [1.54, 1.807) is 18.4 Å². The summed E-state index contributed by atoms with van der Waals surface area (Å²) in [4.78, 5) is 30.2. The van der Waals surface area contributed by atoms with E-state index in [1.165, 1.54) is 5.56 Å². The fourth-order valence-electron chi connectivity index (χ4n) is 3.60. The molecule has 26 heavy (non-hydrogen) atoms. The lowest BCUT2D eigenvalue weighted by atomic mass is 9.79. The Bertz CT molecular complexity index is 658. The molecule has 2 aliphatic heterocycles. The van der Waals surface area contributed by atoms with Gasteiger partial charge in [-0.1, -0.05) is 0 Å². The van der Waals surface area contributed by atoms with Crippen molar-refractivity contribution in [3.05, 3.63) is 22.4 Å². The van der Waals surface area contributed by atoms with Crippen molar-refractivity contribution in [1.82, 2.24) is 20.9 Å². The summed E-state index contributed by atoms with van der Waals surface area (Å²) in [6.07, 6.45) is 2.66. The third-order valence-corrected chi connectivity index (χ3v) is 5.90. The van der Waals surface area contributed by atoms with Crippen molar-refractivity contribution >= 4 is 53.2 Å². The molecular weight excluding hydrogens is 465 g/mol. The first-order valence-electron chi connectivity index (χ1n) is 8.63. The van der Waals surface area contributed by atoms with E-state index in [2.05, 4.69) is 42.7 Å². The molecule has 9 heteroatoms. The van der Waals surface area contributed by atoms with Gasteiger partial charge in [0.2, 0.25) is 0 Å². The van der Waals surface area contributed by atoms with E-state index in [4.69, 9.17) is 0 Å². The molecule has 3 N–H and O–H groups in total. The molecule has 0 spiro atoms. The SMILES string of the molecule is CN=C(NCCc1ccsc1)N1CCC(C2(C)NC(=O)NC2=O)CC1.I. The average Bonchev–Trinajstić information content (AvgIpc) is 3.20. The highest BCUT2D eigenvalue weighted by molar-refractivity contribution is 14.0. The number of urea groups is 1. The largest absolute Gasteiger partial charge is 0.356 e. The van der Waals surface area contributed by atoms with Crippen LogP contribution in [0, 0.1) is 5.92 Å². The van der Waals surface area contributed by atoms with Crippen LogP contribution in [-0.2, 0) is 11.2 Å². The number of imide groups is 1. The van der Waals surface area contributed by atoms with Gasteiger partial charge in [0.15, 0.2) is 5.96 Å². The van der Waals surface area contributed by atoms with E-state index in [1.807, 2.05) is 6.92 Å². The molecule has 2 fully saturated rings. The van der Waals surface area contributed by atoms with Gasteiger partial charge < -0.3 is 15.5 Å². The summed E-state index contributed by atoms with van der Waals surface area (Å²) in [7, 11) is 1.80. The van der Waals surface area contributed by atoms with Gasteiger partial charge in [0.05, 0.1) is 0 Å². The Balaban J connectivity index is 0.00000243. The van der Waals surface area contributed by atoms with Crippen molar-refractivity contribution in [2.45, 2.75) is 31.7 Å². The predicted molar refractivity (Wildman–Crippen MR) is 114 cm³/mol. The zero-order valence-corrected chi connectivity index (χ0v) is 18.2. The van der Waals surface area contributed by atoms with Gasteiger partial charge in [-0.05, 0) is 54.5 Å². The van der Waals surface area contributed by atoms with Crippen LogP contribution in [0.2, 0.25) is 0 Å². The van der Waals surface area contributed by atoms with Crippen molar-refractivity contribution in [3.63, 3.8) is 0 Å². The Morgan fingerprint density at radius 1 is 1.42 bits per heavy atom. The molecule has 2 saturated heterocycles. The Kier molecular flexibility index (Phi) is 7.27. The summed E-state index contributed by atoms with van der Waals surface area (Å²) >= 11 is 1.71. The highest BCUT2D eigenvalue weighted by Crippen LogP contribution is 2.30. The molecule has 1 unspecified atom stereocenters. The number of amides is 3. The molecule has 3 heterocycles. The van der Waals surface area contributed by atoms with Crippen LogP contribution in [-0.4, -0.2) is 55.0 Å². The number of aliphatic imine (C=N–C) groups is 1. The van der Waals surface area contributed by atoms with E-state index in [-0.39, 0.29) is 41.8 Å². The Morgan fingerprint density at radius 3 is 2.69 bits per heavy atom. The van der Waals surface area contributed by atoms with E-state index in [0.717, 1.165) is 44.9 Å². The molecular formula is C17H26IN5O2S. The highest BCUT2D eigenvalue weighted by atomic mass is 127. The average molecular weight is 491 g/mol. The van der Waals surface area contributed by atoms with E-state index in [0.29, 0.717) is 0 Å². The van der Waals surface area contributed by atoms with Gasteiger partial charge >= 0.3 is 6.03 Å². The monoisotopic (exact) mass is 491 g/mol. The number of guanidine groups is 1. The maximum Gasteiger partial charge on any atom is 0.322 e. The summed E-state index contributed by atoms with van der Waals surface area (Å²) < 4.78 is 0. The van der Waals surface area contributed by atoms with E-state index >= 15 is 0 Å². The number of piperidine rings is 1. The summed E-state index contributed by atoms with van der Waals surface area (Å²) in [5.41, 5.74) is 0.543. The zero-order chi connectivity index (χ0) is 17.9. The second kappa shape index (κ2) is 9.03. The van der Waals surface area contributed by atoms with Crippen LogP contribution in [0.15, 0.2) is 21.8 Å². The second-order valence-electron chi connectivity index (χ2n) is 6.73. The van der Waals surface area contributed by atoms with Crippen molar-refractivity contribution in [1.29, 1.82) is 0 Å². The Morgan fingerprint density at radius 2 is 2.15 bits per heavy atom. The number of hydrogen-bond acceptors (Lipinski definition) is 4. The number of thiophene rings is 1. The van der Waals surface area contributed by atoms with Crippen molar-refractivity contribution < 1.29 is 9.59 Å². The predicted octanol–water partition coefficient (Wildman–Crippen LogP) is 1.79. The number of likely N-dealkylation sites (tertiary alicyclic amines) is 1. The van der Waals surface area contributed by atoms with Crippen LogP contribution in [0.1, 0.15) is 25.3 Å². The topological polar surface area (TPSA) is 85.8 Å². The maximum absolute atomic E-state index is 12.1. The van der Waals surface area contributed by atoms with Gasteiger partial charge in [0.25, 0.3) is 5.91 Å². The number of carbonyl (C=O) groups excluding carboxylic acids is 2. The minimum Gasteiger partial charge on any atom is -0.356 e. The Hall–Kier alpha value is -1.36. The first-order chi connectivity index (χ1) is 12.0. The summed E-state index contributed by atoms with van der Waals surface area (Å²) in [5.74, 6) is 0.826. The second-order valence-corrected chi connectivity index (χ2v) is 7.51. The molecule has 1 aromatic rings. The van der Waals surface area contributed by atoms with E-state index < -0.39 is 5.54 Å². The first-order valence-corrected chi connectivity index (χ1v) is 9.57. The van der Waals surface area contributed by atoms with Gasteiger partial charge in [-0.2, -0.15) is 11.3 Å². The Labute approximate surface area is 175 Å². The van der Waals surface area contributed by atoms with Crippen molar-refractivity contribution in [3.8, 4) is 0 Å². The van der Waals surface area contributed by atoms with Crippen LogP contribution in [0.3, 0.4) is 0 Å². The molecule has 0 aliphatic carbocycles. The molecule has 0 saturated carbocycles. The lowest BCUT2D eigenvalue weighted by Gasteiger charge is -2.39. The van der Waals surface area contributed by atoms with Gasteiger partial charge in [-0.25, -0.2) is 4.79 Å². The third-order valence-electron chi connectivity index (χ3n) is 5.17. The standard InChI is InChI=1S/C17H25N5O2S.HI/c1-17(14(23)20-16(24)21-17)13-4-8-22(9-5-13)15(18-2)19-7-3-12-6-10-25-11-12;/h6,10-11,13H,3-5,7-9H2,1-2H3,(H,18,19)(H2,20,21,23,24);1H. The summed E-state index contributed by atoms with van der Waals surface area (Å²) in [6, 6.07) is 1.75. The van der Waals surface area contributed by atoms with Crippen LogP contribution in [0.5, 0.6) is 0 Å². The fourth-order valence-corrected chi connectivity index (χ4v) is 4.30. The summed E-state index contributed by atoms with van der Waals surface area (Å²) in [5, 5.41) is 12.8. The number of nitrogens with zero attached hydrogens (tertiary/aromatic N) is 2. The van der Waals surface area contributed by atoms with Crippen molar-refractivity contribution in [2.24, 2.45) is 10.9 Å². The van der Waals surface area contributed by atoms with Crippen LogP contribution in [0.4, 0.5) is 4.79 Å². The van der Waals surface area contributed by atoms with Crippen LogP contribution in [0.25, 0.3) is 0 Å². The quantitative estimate of drug-likeness (QED) is 0.260. The number of nitrogens with one attached hydrogen (secondary N) is 3. The smallest absolute Gasteiger partial charge is 0.322 e. The normalized spacial score (nSPS) is 24.1. The lowest BCUT2D eigenvalue weighted by Crippen LogP contribution is -2.55. The molecule has 1 aromatic heterocycles. The van der Waals surface area contributed by atoms with Gasteiger partial charge in [-0.3, -0.25) is 15.1 Å². The molecule has 144 valence electrons. The highest BCUT2D eigenvalue weighted by Gasteiger charge is 2.48. The number of rotatable bonds is 4. The number of halogens is 1. The van der Waals surface area contributed by atoms with Crippen molar-refractivity contribution in [2.75, 3.05) is 26.7 Å². The molecule has 3 amide bonds. The minimum atomic E-state index is -0.793. The minimum absolute atomic E-state index is 0. The third kappa shape index (κ3) is 4.48. The molecule has 0 bridgehead atoms. The summed E-state index contributed by atoms with van der Waals surface area (Å²) in [6.45, 7) is 4.31. The molecule has 0 radical (unpaired) electrons. The maximum atomic E-state index is 12.1. The number of hydrogen-bond donors (Lipinski definition) is 3. The molecule has 2 aliphatic rings. The molecule has 1 atom stereocenters. The van der Waals surface area contributed by atoms with Crippen LogP contribution < -0.4 is 16.0 Å². The molecule has 7 nitrogen and oxygen atoms in total. The fraction of sp³-hybridized carbons (Fsp3) is 0.588.